The summed E-state index contributed by atoms with van der Waals surface area (Å²) in [6.45, 7) is 2.84. The zero-order valence-electron chi connectivity index (χ0n) is 7.95. The quantitative estimate of drug-likeness (QED) is 0.442. The summed E-state index contributed by atoms with van der Waals surface area (Å²) in [6.07, 6.45) is 2.54. The predicted octanol–water partition coefficient (Wildman–Crippen LogP) is 1.26. The van der Waals surface area contributed by atoms with Crippen LogP contribution in [-0.4, -0.2) is 39.9 Å². The Labute approximate surface area is 79.0 Å². The van der Waals surface area contributed by atoms with Crippen LogP contribution in [0.1, 0.15) is 13.3 Å². The summed E-state index contributed by atoms with van der Waals surface area (Å²) in [7, 11) is 9.88. The average Bonchev–Trinajstić information content (AvgIpc) is 2.12. The van der Waals surface area contributed by atoms with Crippen molar-refractivity contribution in [1.29, 1.82) is 0 Å². The van der Waals surface area contributed by atoms with Gasteiger partial charge >= 0.3 is 0 Å². The van der Waals surface area contributed by atoms with Crippen LogP contribution >= 0.6 is 9.24 Å². The first-order valence-electron chi connectivity index (χ1n) is 4.34. The smallest absolute Gasteiger partial charge is 0.0859 e. The lowest BCUT2D eigenvalue weighted by Crippen LogP contribution is -2.32. The molecule has 0 aliphatic heterocycles. The molecule has 0 bridgehead atoms. The van der Waals surface area contributed by atoms with Crippen molar-refractivity contribution in [3.05, 3.63) is 0 Å². The van der Waals surface area contributed by atoms with E-state index in [0.717, 1.165) is 19.2 Å². The fourth-order valence-electron chi connectivity index (χ4n) is 0.996. The van der Waals surface area contributed by atoms with Gasteiger partial charge in [0.25, 0.3) is 0 Å². The van der Waals surface area contributed by atoms with E-state index in [4.69, 9.17) is 17.3 Å². The van der Waals surface area contributed by atoms with Gasteiger partial charge in [0.05, 0.1) is 20.1 Å². The van der Waals surface area contributed by atoms with Crippen molar-refractivity contribution in [3.63, 3.8) is 0 Å². The molecule has 0 N–H and O–H groups in total. The van der Waals surface area contributed by atoms with Gasteiger partial charge in [-0.2, -0.15) is 0 Å². The maximum absolute atomic E-state index is 5.55. The van der Waals surface area contributed by atoms with E-state index in [1.54, 1.807) is 7.11 Å². The van der Waals surface area contributed by atoms with Gasteiger partial charge in [-0.1, -0.05) is 13.2 Å². The van der Waals surface area contributed by atoms with Crippen LogP contribution < -0.4 is 0 Å². The highest BCUT2D eigenvalue weighted by atomic mass is 31.0. The van der Waals surface area contributed by atoms with E-state index in [9.17, 15) is 0 Å². The molecule has 0 aliphatic carbocycles. The molecule has 0 heterocycles. The van der Waals surface area contributed by atoms with Crippen molar-refractivity contribution >= 4 is 17.1 Å². The summed E-state index contributed by atoms with van der Waals surface area (Å²) in [5, 5.41) is 0. The van der Waals surface area contributed by atoms with E-state index in [2.05, 4.69) is 16.2 Å². The summed E-state index contributed by atoms with van der Waals surface area (Å²) < 4.78 is 10.7. The molecule has 0 saturated heterocycles. The van der Waals surface area contributed by atoms with Crippen LogP contribution in [0.25, 0.3) is 0 Å². The summed E-state index contributed by atoms with van der Waals surface area (Å²) in [4.78, 5) is 0. The summed E-state index contributed by atoms with van der Waals surface area (Å²) >= 11 is 0. The van der Waals surface area contributed by atoms with E-state index >= 15 is 0 Å². The molecule has 3 unspecified atom stereocenters. The lowest BCUT2D eigenvalue weighted by atomic mass is 9.96. The summed E-state index contributed by atoms with van der Waals surface area (Å²) in [5.41, 5.74) is 0. The minimum absolute atomic E-state index is 0.0347. The Kier molecular flexibility index (Phi) is 8.31. The standard InChI is InChI=1S/C8H18BO2P/c1-3-4-11-7(5-9)8(6-12)10-2/h7-8H,3-6,12H2,1-2H3. The highest BCUT2D eigenvalue weighted by molar-refractivity contribution is 7.16. The Hall–Kier alpha value is 0.415. The monoisotopic (exact) mass is 188 g/mol. The zero-order chi connectivity index (χ0) is 9.40. The zero-order valence-corrected chi connectivity index (χ0v) is 9.11. The normalized spacial score (nSPS) is 15.9. The summed E-state index contributed by atoms with van der Waals surface area (Å²) in [6, 6.07) is 0. The molecule has 70 valence electrons. The highest BCUT2D eigenvalue weighted by Gasteiger charge is 2.17. The van der Waals surface area contributed by atoms with Gasteiger partial charge in [-0.05, 0) is 12.6 Å². The Morgan fingerprint density at radius 1 is 1.42 bits per heavy atom. The summed E-state index contributed by atoms with van der Waals surface area (Å²) in [5.74, 6) is 0. The van der Waals surface area contributed by atoms with Crippen molar-refractivity contribution in [2.24, 2.45) is 0 Å². The maximum Gasteiger partial charge on any atom is 0.0859 e. The Balaban J connectivity index is 3.75. The Morgan fingerprint density at radius 3 is 2.42 bits per heavy atom. The molecule has 0 aromatic carbocycles. The number of hydrogen-bond donors (Lipinski definition) is 0. The van der Waals surface area contributed by atoms with Crippen LogP contribution in [0.3, 0.4) is 0 Å². The molecule has 0 aromatic heterocycles. The molecule has 2 nitrogen and oxygen atoms in total. The molecule has 3 atom stereocenters. The number of rotatable bonds is 7. The van der Waals surface area contributed by atoms with Crippen molar-refractivity contribution in [1.82, 2.24) is 0 Å². The third-order valence-electron chi connectivity index (χ3n) is 1.72. The molecule has 0 rings (SSSR count). The molecule has 0 aromatic rings. The van der Waals surface area contributed by atoms with E-state index < -0.39 is 0 Å². The molecule has 0 amide bonds. The largest absolute Gasteiger partial charge is 0.378 e. The Morgan fingerprint density at radius 2 is 2.08 bits per heavy atom. The molecule has 0 spiro atoms. The molecule has 12 heavy (non-hydrogen) atoms. The molecule has 2 radical (unpaired) electrons. The highest BCUT2D eigenvalue weighted by Crippen LogP contribution is 2.10. The fraction of sp³-hybridized carbons (Fsp3) is 1.00. The van der Waals surface area contributed by atoms with Gasteiger partial charge in [-0.25, -0.2) is 0 Å². The number of methoxy groups -OCH3 is 1. The van der Waals surface area contributed by atoms with Crippen LogP contribution in [0.2, 0.25) is 6.32 Å². The first-order chi connectivity index (χ1) is 5.79. The van der Waals surface area contributed by atoms with Gasteiger partial charge in [-0.3, -0.25) is 0 Å². The number of ether oxygens (including phenoxy) is 2. The molecule has 0 saturated carbocycles. The molecule has 0 aliphatic rings. The first-order valence-corrected chi connectivity index (χ1v) is 5.16. The van der Waals surface area contributed by atoms with Crippen molar-refractivity contribution in [2.75, 3.05) is 19.9 Å². The second-order valence-corrected chi connectivity index (χ2v) is 3.13. The maximum atomic E-state index is 5.55. The fourth-order valence-corrected chi connectivity index (χ4v) is 1.49. The lowest BCUT2D eigenvalue weighted by molar-refractivity contribution is -0.0352. The Bertz CT molecular complexity index is 99.1. The minimum atomic E-state index is 0.0347. The first kappa shape index (κ1) is 12.4. The van der Waals surface area contributed by atoms with Crippen molar-refractivity contribution < 1.29 is 9.47 Å². The van der Waals surface area contributed by atoms with Crippen LogP contribution in [0, 0.1) is 0 Å². The second kappa shape index (κ2) is 8.03. The van der Waals surface area contributed by atoms with Gasteiger partial charge in [0.15, 0.2) is 0 Å². The molecular formula is C8H18BO2P. The van der Waals surface area contributed by atoms with Crippen LogP contribution in [0.15, 0.2) is 0 Å². The molecule has 0 fully saturated rings. The second-order valence-electron chi connectivity index (χ2n) is 2.65. The minimum Gasteiger partial charge on any atom is -0.378 e. The van der Waals surface area contributed by atoms with Gasteiger partial charge in [0.2, 0.25) is 0 Å². The topological polar surface area (TPSA) is 18.5 Å². The average molecular weight is 188 g/mol. The van der Waals surface area contributed by atoms with E-state index in [0.29, 0.717) is 6.32 Å². The van der Waals surface area contributed by atoms with Crippen LogP contribution in [-0.2, 0) is 9.47 Å². The predicted molar refractivity (Wildman–Crippen MR) is 56.0 cm³/mol. The van der Waals surface area contributed by atoms with Gasteiger partial charge in [-0.15, -0.1) is 9.24 Å². The van der Waals surface area contributed by atoms with Crippen LogP contribution in [0.5, 0.6) is 0 Å². The lowest BCUT2D eigenvalue weighted by Gasteiger charge is -2.24. The van der Waals surface area contributed by atoms with Gasteiger partial charge < -0.3 is 9.47 Å². The third-order valence-corrected chi connectivity index (χ3v) is 2.18. The van der Waals surface area contributed by atoms with E-state index in [1.807, 2.05) is 0 Å². The van der Waals surface area contributed by atoms with E-state index in [-0.39, 0.29) is 12.2 Å². The third kappa shape index (κ3) is 4.44. The van der Waals surface area contributed by atoms with E-state index in [1.165, 1.54) is 0 Å². The van der Waals surface area contributed by atoms with Gasteiger partial charge in [0.1, 0.15) is 0 Å². The van der Waals surface area contributed by atoms with Gasteiger partial charge in [0, 0.05) is 13.7 Å². The van der Waals surface area contributed by atoms with Crippen molar-refractivity contribution in [3.8, 4) is 0 Å². The molecular weight excluding hydrogens is 170 g/mol. The number of hydrogen-bond acceptors (Lipinski definition) is 2. The SMILES string of the molecule is [B]CC(OCCC)C(CP)OC. The molecule has 4 heteroatoms. The van der Waals surface area contributed by atoms with Crippen LogP contribution in [0.4, 0.5) is 0 Å². The van der Waals surface area contributed by atoms with Crippen molar-refractivity contribution in [2.45, 2.75) is 31.9 Å².